The average Bonchev–Trinajstić information content (AvgIpc) is 3.04. The number of nitrogens with one attached hydrogen (secondary N) is 1. The predicted octanol–water partition coefficient (Wildman–Crippen LogP) is 2.86. The van der Waals surface area contributed by atoms with E-state index in [1.165, 1.54) is 0 Å². The van der Waals surface area contributed by atoms with Crippen LogP contribution in [-0.2, 0) is 11.3 Å². The molecule has 0 fully saturated rings. The molecule has 0 saturated heterocycles. The van der Waals surface area contributed by atoms with Gasteiger partial charge in [-0.1, -0.05) is 11.6 Å². The first-order chi connectivity index (χ1) is 11.5. The first kappa shape index (κ1) is 16.6. The van der Waals surface area contributed by atoms with Gasteiger partial charge >= 0.3 is 0 Å². The van der Waals surface area contributed by atoms with Crippen molar-refractivity contribution in [1.82, 2.24) is 14.8 Å². The third-order valence-corrected chi connectivity index (χ3v) is 4.70. The fraction of sp³-hybridized carbons (Fsp3) is 0.333. The molecular weight excluding hydrogens is 326 g/mol. The van der Waals surface area contributed by atoms with Crippen molar-refractivity contribution in [2.45, 2.75) is 32.5 Å². The Morgan fingerprint density at radius 2 is 1.92 bits per heavy atom. The number of benzene rings is 1. The Kier molecular flexibility index (Phi) is 4.62. The number of carbonyl (C=O) groups excluding carboxylic acids is 2. The lowest BCUT2D eigenvalue weighted by atomic mass is 10.1. The molecule has 6 heteroatoms. The minimum Gasteiger partial charge on any atom is -0.348 e. The molecule has 126 valence electrons. The van der Waals surface area contributed by atoms with Crippen LogP contribution in [0.4, 0.5) is 0 Å². The maximum absolute atomic E-state index is 12.7. The van der Waals surface area contributed by atoms with Crippen molar-refractivity contribution in [3.05, 3.63) is 58.9 Å². The number of hydrogen-bond donors (Lipinski definition) is 1. The molecule has 0 unspecified atom stereocenters. The second kappa shape index (κ2) is 6.69. The van der Waals surface area contributed by atoms with E-state index in [1.54, 1.807) is 31.2 Å². The van der Waals surface area contributed by atoms with Crippen LogP contribution in [0.15, 0.2) is 42.6 Å². The lowest BCUT2D eigenvalue weighted by molar-refractivity contribution is -0.136. The molecule has 5 nitrogen and oxygen atoms in total. The highest BCUT2D eigenvalue weighted by molar-refractivity contribution is 6.30. The van der Waals surface area contributed by atoms with Gasteiger partial charge in [0.15, 0.2) is 0 Å². The van der Waals surface area contributed by atoms with Gasteiger partial charge in [0.1, 0.15) is 6.04 Å². The summed E-state index contributed by atoms with van der Waals surface area (Å²) in [5, 5.41) is 3.34. The van der Waals surface area contributed by atoms with Crippen molar-refractivity contribution < 1.29 is 9.59 Å². The van der Waals surface area contributed by atoms with Crippen LogP contribution in [0.5, 0.6) is 0 Å². The molecule has 0 aliphatic carbocycles. The van der Waals surface area contributed by atoms with Crippen LogP contribution < -0.4 is 5.32 Å². The quantitative estimate of drug-likeness (QED) is 0.930. The van der Waals surface area contributed by atoms with Gasteiger partial charge in [0.25, 0.3) is 5.91 Å². The van der Waals surface area contributed by atoms with E-state index in [4.69, 9.17) is 11.6 Å². The van der Waals surface area contributed by atoms with E-state index in [0.717, 1.165) is 12.2 Å². The molecule has 1 N–H and O–H groups in total. The highest BCUT2D eigenvalue weighted by atomic mass is 35.5. The second-order valence-corrected chi connectivity index (χ2v) is 6.47. The number of rotatable bonds is 3. The van der Waals surface area contributed by atoms with Crippen molar-refractivity contribution >= 4 is 23.4 Å². The lowest BCUT2D eigenvalue weighted by Gasteiger charge is -2.36. The van der Waals surface area contributed by atoms with E-state index in [9.17, 15) is 9.59 Å². The molecule has 0 radical (unpaired) electrons. The van der Waals surface area contributed by atoms with Crippen molar-refractivity contribution in [3.8, 4) is 0 Å². The van der Waals surface area contributed by atoms with Gasteiger partial charge in [0.2, 0.25) is 5.91 Å². The SMILES string of the molecule is C[C@H](NC(=O)c1ccc(Cl)cc1)C(=O)N1CCn2cccc2[C@@H]1C. The van der Waals surface area contributed by atoms with Crippen LogP contribution in [0.1, 0.15) is 35.9 Å². The third-order valence-electron chi connectivity index (χ3n) is 4.45. The van der Waals surface area contributed by atoms with Gasteiger partial charge in [-0.3, -0.25) is 9.59 Å². The van der Waals surface area contributed by atoms with Crippen molar-refractivity contribution in [2.75, 3.05) is 6.54 Å². The Labute approximate surface area is 146 Å². The topological polar surface area (TPSA) is 54.3 Å². The van der Waals surface area contributed by atoms with Crippen LogP contribution in [0, 0.1) is 0 Å². The van der Waals surface area contributed by atoms with E-state index in [0.29, 0.717) is 17.1 Å². The number of aromatic nitrogens is 1. The summed E-state index contributed by atoms with van der Waals surface area (Å²) in [4.78, 5) is 26.8. The molecule has 24 heavy (non-hydrogen) atoms. The van der Waals surface area contributed by atoms with Gasteiger partial charge < -0.3 is 14.8 Å². The molecule has 0 saturated carbocycles. The van der Waals surface area contributed by atoms with Crippen LogP contribution in [-0.4, -0.2) is 33.9 Å². The summed E-state index contributed by atoms with van der Waals surface area (Å²) >= 11 is 5.83. The summed E-state index contributed by atoms with van der Waals surface area (Å²) in [5.74, 6) is -0.349. The zero-order chi connectivity index (χ0) is 17.3. The number of hydrogen-bond acceptors (Lipinski definition) is 2. The molecule has 3 rings (SSSR count). The Hall–Kier alpha value is -2.27. The van der Waals surface area contributed by atoms with E-state index in [1.807, 2.05) is 30.2 Å². The van der Waals surface area contributed by atoms with Crippen molar-refractivity contribution in [2.24, 2.45) is 0 Å². The molecule has 2 atom stereocenters. The predicted molar refractivity (Wildman–Crippen MR) is 92.9 cm³/mol. The molecule has 0 spiro atoms. The largest absolute Gasteiger partial charge is 0.348 e. The summed E-state index contributed by atoms with van der Waals surface area (Å²) in [6, 6.07) is 10.0. The number of fused-ring (bicyclic) bond motifs is 1. The van der Waals surface area contributed by atoms with Gasteiger partial charge in [0.05, 0.1) is 6.04 Å². The average molecular weight is 346 g/mol. The summed E-state index contributed by atoms with van der Waals surface area (Å²) in [7, 11) is 0. The molecule has 2 heterocycles. The van der Waals surface area contributed by atoms with E-state index < -0.39 is 6.04 Å². The summed E-state index contributed by atoms with van der Waals surface area (Å²) in [6.45, 7) is 5.15. The number of halogens is 1. The Bertz CT molecular complexity index is 754. The monoisotopic (exact) mass is 345 g/mol. The van der Waals surface area contributed by atoms with Gasteiger partial charge in [-0.15, -0.1) is 0 Å². The van der Waals surface area contributed by atoms with Gasteiger partial charge in [-0.2, -0.15) is 0 Å². The molecule has 1 aromatic heterocycles. The molecule has 1 aliphatic rings. The van der Waals surface area contributed by atoms with Crippen LogP contribution in [0.25, 0.3) is 0 Å². The van der Waals surface area contributed by atoms with Crippen LogP contribution >= 0.6 is 11.6 Å². The molecular formula is C18H20ClN3O2. The smallest absolute Gasteiger partial charge is 0.251 e. The molecule has 1 aliphatic heterocycles. The first-order valence-corrected chi connectivity index (χ1v) is 8.37. The highest BCUT2D eigenvalue weighted by Gasteiger charge is 2.30. The maximum atomic E-state index is 12.7. The van der Waals surface area contributed by atoms with E-state index in [-0.39, 0.29) is 17.9 Å². The number of carbonyl (C=O) groups is 2. The zero-order valence-corrected chi connectivity index (χ0v) is 14.5. The minimum absolute atomic E-state index is 0.00358. The standard InChI is InChI=1S/C18H20ClN3O2/c1-12(20-17(23)14-5-7-15(19)8-6-14)18(24)22-11-10-21-9-3-4-16(21)13(22)2/h3-9,12-13H,10-11H2,1-2H3,(H,20,23)/t12-,13-/m0/s1. The number of amides is 2. The van der Waals surface area contributed by atoms with Gasteiger partial charge in [0, 0.05) is 35.6 Å². The summed E-state index contributed by atoms with van der Waals surface area (Å²) in [5.41, 5.74) is 1.60. The Morgan fingerprint density at radius 1 is 1.21 bits per heavy atom. The Morgan fingerprint density at radius 3 is 2.62 bits per heavy atom. The van der Waals surface area contributed by atoms with E-state index >= 15 is 0 Å². The van der Waals surface area contributed by atoms with Gasteiger partial charge in [-0.05, 0) is 50.2 Å². The minimum atomic E-state index is -0.586. The Balaban J connectivity index is 1.67. The van der Waals surface area contributed by atoms with Crippen molar-refractivity contribution in [3.63, 3.8) is 0 Å². The van der Waals surface area contributed by atoms with Gasteiger partial charge in [-0.25, -0.2) is 0 Å². The number of nitrogens with zero attached hydrogens (tertiary/aromatic N) is 2. The summed E-state index contributed by atoms with van der Waals surface area (Å²) < 4.78 is 2.16. The zero-order valence-electron chi connectivity index (χ0n) is 13.7. The molecule has 2 aromatic rings. The summed E-state index contributed by atoms with van der Waals surface area (Å²) in [6.07, 6.45) is 2.03. The molecule has 2 amide bonds. The first-order valence-electron chi connectivity index (χ1n) is 7.99. The second-order valence-electron chi connectivity index (χ2n) is 6.04. The van der Waals surface area contributed by atoms with Crippen molar-refractivity contribution in [1.29, 1.82) is 0 Å². The van der Waals surface area contributed by atoms with Crippen LogP contribution in [0.2, 0.25) is 5.02 Å². The molecule has 0 bridgehead atoms. The van der Waals surface area contributed by atoms with E-state index in [2.05, 4.69) is 9.88 Å². The molecule has 1 aromatic carbocycles. The van der Waals surface area contributed by atoms with Crippen LogP contribution in [0.3, 0.4) is 0 Å². The fourth-order valence-electron chi connectivity index (χ4n) is 3.07. The highest BCUT2D eigenvalue weighted by Crippen LogP contribution is 2.25. The lowest BCUT2D eigenvalue weighted by Crippen LogP contribution is -2.50. The normalized spacial score (nSPS) is 18.0. The fourth-order valence-corrected chi connectivity index (χ4v) is 3.20. The maximum Gasteiger partial charge on any atom is 0.251 e. The third kappa shape index (κ3) is 3.17.